The molecule has 5 nitrogen and oxygen atoms in total. The van der Waals surface area contributed by atoms with E-state index in [1.807, 2.05) is 6.07 Å². The highest BCUT2D eigenvalue weighted by Crippen LogP contribution is 2.25. The number of H-pyrrole nitrogens is 1. The highest BCUT2D eigenvalue weighted by atomic mass is 16.4. The Kier molecular flexibility index (Phi) is 4.71. The van der Waals surface area contributed by atoms with Crippen molar-refractivity contribution >= 4 is 22.5 Å². The van der Waals surface area contributed by atoms with Crippen LogP contribution in [0.25, 0.3) is 11.1 Å². The first-order chi connectivity index (χ1) is 9.60. The average Bonchev–Trinajstić information content (AvgIpc) is 2.74. The van der Waals surface area contributed by atoms with Crippen LogP contribution in [0.1, 0.15) is 46.0 Å². The van der Waals surface area contributed by atoms with Crippen molar-refractivity contribution in [3.8, 4) is 0 Å². The summed E-state index contributed by atoms with van der Waals surface area (Å²) in [5.74, 6) is -0.454. The predicted molar refractivity (Wildman–Crippen MR) is 83.1 cm³/mol. The van der Waals surface area contributed by atoms with Crippen molar-refractivity contribution in [3.05, 3.63) is 22.7 Å². The highest BCUT2D eigenvalue weighted by molar-refractivity contribution is 5.85. The summed E-state index contributed by atoms with van der Waals surface area (Å²) in [4.78, 5) is 13.8. The zero-order chi connectivity index (χ0) is 14.5. The first kappa shape index (κ1) is 14.5. The van der Waals surface area contributed by atoms with Crippen molar-refractivity contribution in [1.29, 1.82) is 0 Å². The molecule has 0 aliphatic heterocycles. The van der Waals surface area contributed by atoms with Crippen molar-refractivity contribution in [2.45, 2.75) is 52.0 Å². The molecule has 110 valence electrons. The molecular formula is C15H23N3O2. The molecule has 1 aromatic heterocycles. The molecule has 1 aromatic carbocycles. The second kappa shape index (κ2) is 6.50. The molecule has 0 aliphatic carbocycles. The molecule has 1 atom stereocenters. The van der Waals surface area contributed by atoms with Gasteiger partial charge in [-0.05, 0) is 19.4 Å². The maximum atomic E-state index is 11.2. The van der Waals surface area contributed by atoms with E-state index in [9.17, 15) is 4.79 Å². The first-order valence-corrected chi connectivity index (χ1v) is 7.29. The van der Waals surface area contributed by atoms with Crippen LogP contribution in [0.4, 0.5) is 11.4 Å². The number of nitrogens with two attached hydrogens (primary N) is 1. The van der Waals surface area contributed by atoms with E-state index >= 15 is 0 Å². The second-order valence-electron chi connectivity index (χ2n) is 5.34. The molecule has 0 amide bonds. The van der Waals surface area contributed by atoms with Gasteiger partial charge in [0, 0.05) is 12.1 Å². The Bertz CT molecular complexity index is 615. The largest absolute Gasteiger partial charge is 0.417 e. The van der Waals surface area contributed by atoms with E-state index in [1.54, 1.807) is 6.07 Å². The molecule has 5 heteroatoms. The van der Waals surface area contributed by atoms with Gasteiger partial charge in [0.05, 0.1) is 16.9 Å². The summed E-state index contributed by atoms with van der Waals surface area (Å²) in [6.07, 6.45) is 6.13. The van der Waals surface area contributed by atoms with E-state index in [4.69, 9.17) is 10.2 Å². The SMILES string of the molecule is CCCCCCC(C)Nc1cc2[nH]c(=O)oc2cc1N. The fourth-order valence-corrected chi connectivity index (χ4v) is 2.35. The minimum absolute atomic E-state index is 0.352. The van der Waals surface area contributed by atoms with Crippen molar-refractivity contribution in [2.75, 3.05) is 11.1 Å². The Balaban J connectivity index is 2.01. The van der Waals surface area contributed by atoms with Crippen molar-refractivity contribution in [2.24, 2.45) is 0 Å². The minimum Gasteiger partial charge on any atom is -0.408 e. The summed E-state index contributed by atoms with van der Waals surface area (Å²) in [5.41, 5.74) is 8.59. The summed E-state index contributed by atoms with van der Waals surface area (Å²) >= 11 is 0. The maximum absolute atomic E-state index is 11.2. The van der Waals surface area contributed by atoms with Crippen LogP contribution in [-0.4, -0.2) is 11.0 Å². The lowest BCUT2D eigenvalue weighted by Gasteiger charge is -2.16. The van der Waals surface area contributed by atoms with E-state index in [0.29, 0.717) is 22.8 Å². The number of nitrogen functional groups attached to an aromatic ring is 1. The molecule has 0 spiro atoms. The Morgan fingerprint density at radius 3 is 2.90 bits per heavy atom. The van der Waals surface area contributed by atoms with Gasteiger partial charge in [0.1, 0.15) is 0 Å². The molecule has 0 fully saturated rings. The third-order valence-electron chi connectivity index (χ3n) is 3.48. The van der Waals surface area contributed by atoms with E-state index in [-0.39, 0.29) is 0 Å². The van der Waals surface area contributed by atoms with Gasteiger partial charge in [-0.1, -0.05) is 32.6 Å². The molecule has 0 saturated carbocycles. The summed E-state index contributed by atoms with van der Waals surface area (Å²) in [7, 11) is 0. The number of rotatable bonds is 7. The highest BCUT2D eigenvalue weighted by Gasteiger charge is 2.09. The fraction of sp³-hybridized carbons (Fsp3) is 0.533. The van der Waals surface area contributed by atoms with Crippen molar-refractivity contribution < 1.29 is 4.42 Å². The zero-order valence-corrected chi connectivity index (χ0v) is 12.2. The Labute approximate surface area is 118 Å². The molecular weight excluding hydrogens is 254 g/mol. The lowest BCUT2D eigenvalue weighted by molar-refractivity contribution is 0.555. The number of unbranched alkanes of at least 4 members (excludes halogenated alkanes) is 3. The van der Waals surface area contributed by atoms with E-state index in [1.165, 1.54) is 25.7 Å². The van der Waals surface area contributed by atoms with E-state index < -0.39 is 5.76 Å². The molecule has 1 unspecified atom stereocenters. The topological polar surface area (TPSA) is 84.0 Å². The number of benzene rings is 1. The summed E-state index contributed by atoms with van der Waals surface area (Å²) < 4.78 is 4.98. The number of hydrogen-bond acceptors (Lipinski definition) is 4. The van der Waals surface area contributed by atoms with Crippen LogP contribution in [0.3, 0.4) is 0 Å². The number of aromatic amines is 1. The zero-order valence-electron chi connectivity index (χ0n) is 12.2. The van der Waals surface area contributed by atoms with Gasteiger partial charge in [-0.3, -0.25) is 4.98 Å². The predicted octanol–water partition coefficient (Wildman–Crippen LogP) is 3.47. The average molecular weight is 277 g/mol. The molecule has 2 rings (SSSR count). The third kappa shape index (κ3) is 3.56. The van der Waals surface area contributed by atoms with Crippen LogP contribution in [-0.2, 0) is 0 Å². The lowest BCUT2D eigenvalue weighted by Crippen LogP contribution is -2.16. The minimum atomic E-state index is -0.454. The first-order valence-electron chi connectivity index (χ1n) is 7.29. The molecule has 20 heavy (non-hydrogen) atoms. The van der Waals surface area contributed by atoms with Gasteiger partial charge in [0.15, 0.2) is 5.58 Å². The smallest absolute Gasteiger partial charge is 0.408 e. The molecule has 0 bridgehead atoms. The molecule has 2 aromatic rings. The Morgan fingerprint density at radius 2 is 2.15 bits per heavy atom. The summed E-state index contributed by atoms with van der Waals surface area (Å²) in [5, 5.41) is 3.40. The van der Waals surface area contributed by atoms with Gasteiger partial charge in [0.2, 0.25) is 0 Å². The maximum Gasteiger partial charge on any atom is 0.417 e. The number of nitrogens with one attached hydrogen (secondary N) is 2. The number of oxazole rings is 1. The van der Waals surface area contributed by atoms with Gasteiger partial charge in [-0.2, -0.15) is 0 Å². The van der Waals surface area contributed by atoms with Crippen molar-refractivity contribution in [1.82, 2.24) is 4.98 Å². The van der Waals surface area contributed by atoms with Gasteiger partial charge in [-0.25, -0.2) is 4.79 Å². The second-order valence-corrected chi connectivity index (χ2v) is 5.34. The van der Waals surface area contributed by atoms with E-state index in [2.05, 4.69) is 24.1 Å². The van der Waals surface area contributed by atoms with Crippen LogP contribution >= 0.6 is 0 Å². The molecule has 4 N–H and O–H groups in total. The lowest BCUT2D eigenvalue weighted by atomic mass is 10.1. The molecule has 1 heterocycles. The van der Waals surface area contributed by atoms with Gasteiger partial charge in [-0.15, -0.1) is 0 Å². The van der Waals surface area contributed by atoms with Crippen LogP contribution in [0.2, 0.25) is 0 Å². The standard InChI is InChI=1S/C15H23N3O2/c1-3-4-5-6-7-10(2)17-12-9-13-14(8-11(12)16)20-15(19)18-13/h8-10,17H,3-7,16H2,1-2H3,(H,18,19). The summed E-state index contributed by atoms with van der Waals surface area (Å²) in [6, 6.07) is 3.86. The van der Waals surface area contributed by atoms with E-state index in [0.717, 1.165) is 12.1 Å². The Hall–Kier alpha value is -1.91. The number of aromatic nitrogens is 1. The summed E-state index contributed by atoms with van der Waals surface area (Å²) in [6.45, 7) is 4.36. The Morgan fingerprint density at radius 1 is 1.35 bits per heavy atom. The monoisotopic (exact) mass is 277 g/mol. The van der Waals surface area contributed by atoms with Crippen LogP contribution in [0, 0.1) is 0 Å². The van der Waals surface area contributed by atoms with Crippen LogP contribution < -0.4 is 16.8 Å². The van der Waals surface area contributed by atoms with Crippen LogP contribution in [0.5, 0.6) is 0 Å². The van der Waals surface area contributed by atoms with Gasteiger partial charge < -0.3 is 15.5 Å². The number of fused-ring (bicyclic) bond motifs is 1. The normalized spacial score (nSPS) is 12.7. The number of anilines is 2. The quantitative estimate of drug-likeness (QED) is 0.534. The third-order valence-corrected chi connectivity index (χ3v) is 3.48. The number of hydrogen-bond donors (Lipinski definition) is 3. The molecule has 0 saturated heterocycles. The fourth-order valence-electron chi connectivity index (χ4n) is 2.35. The van der Waals surface area contributed by atoms with Crippen molar-refractivity contribution in [3.63, 3.8) is 0 Å². The van der Waals surface area contributed by atoms with Crippen LogP contribution in [0.15, 0.2) is 21.3 Å². The van der Waals surface area contributed by atoms with Gasteiger partial charge >= 0.3 is 5.76 Å². The molecule has 0 radical (unpaired) electrons. The molecule has 0 aliphatic rings. The van der Waals surface area contributed by atoms with Gasteiger partial charge in [0.25, 0.3) is 0 Å².